The van der Waals surface area contributed by atoms with Crippen LogP contribution in [0.1, 0.15) is 10.4 Å². The summed E-state index contributed by atoms with van der Waals surface area (Å²) in [6.07, 6.45) is 1.57. The van der Waals surface area contributed by atoms with E-state index in [2.05, 4.69) is 20.5 Å². The monoisotopic (exact) mass is 300 g/mol. The highest BCUT2D eigenvalue weighted by Crippen LogP contribution is 2.14. The van der Waals surface area contributed by atoms with Crippen molar-refractivity contribution in [3.63, 3.8) is 0 Å². The van der Waals surface area contributed by atoms with Crippen LogP contribution in [-0.2, 0) is 0 Å². The van der Waals surface area contributed by atoms with Gasteiger partial charge in [-0.2, -0.15) is 0 Å². The minimum atomic E-state index is -0.333. The first-order valence-electron chi connectivity index (χ1n) is 7.21. The number of carbonyl (C=O) groups excluding carboxylic acids is 1. The molecule has 1 aromatic heterocycles. The van der Waals surface area contributed by atoms with Crippen LogP contribution in [0.25, 0.3) is 0 Å². The Morgan fingerprint density at radius 2 is 1.86 bits per heavy atom. The quantitative estimate of drug-likeness (QED) is 0.909. The van der Waals surface area contributed by atoms with Gasteiger partial charge in [0.1, 0.15) is 11.6 Å². The number of pyridine rings is 1. The van der Waals surface area contributed by atoms with E-state index in [1.54, 1.807) is 12.3 Å². The van der Waals surface area contributed by atoms with Crippen LogP contribution in [0.2, 0.25) is 0 Å². The van der Waals surface area contributed by atoms with Crippen LogP contribution in [0.4, 0.5) is 15.9 Å². The number of amides is 1. The molecule has 1 aromatic carbocycles. The van der Waals surface area contributed by atoms with E-state index in [9.17, 15) is 9.18 Å². The molecule has 0 bridgehead atoms. The lowest BCUT2D eigenvalue weighted by Crippen LogP contribution is -2.43. The topological polar surface area (TPSA) is 57.3 Å². The summed E-state index contributed by atoms with van der Waals surface area (Å²) in [6.45, 7) is 3.70. The smallest absolute Gasteiger partial charge is 0.257 e. The number of nitrogens with zero attached hydrogens (tertiary/aromatic N) is 2. The maximum atomic E-state index is 12.8. The molecule has 3 rings (SSSR count). The molecular weight excluding hydrogens is 283 g/mol. The number of hydrogen-bond acceptors (Lipinski definition) is 4. The molecule has 0 aliphatic carbocycles. The third-order valence-corrected chi connectivity index (χ3v) is 3.55. The molecular formula is C16H17FN4O. The second-order valence-electron chi connectivity index (χ2n) is 5.10. The molecule has 0 unspecified atom stereocenters. The molecule has 2 heterocycles. The molecule has 0 spiro atoms. The first kappa shape index (κ1) is 14.5. The number of halogens is 1. The summed E-state index contributed by atoms with van der Waals surface area (Å²) in [5.74, 6) is 0.283. The highest BCUT2D eigenvalue weighted by molar-refractivity contribution is 6.04. The number of hydrogen-bond donors (Lipinski definition) is 2. The van der Waals surface area contributed by atoms with E-state index in [0.29, 0.717) is 11.3 Å². The summed E-state index contributed by atoms with van der Waals surface area (Å²) in [7, 11) is 0. The summed E-state index contributed by atoms with van der Waals surface area (Å²) in [4.78, 5) is 18.7. The van der Waals surface area contributed by atoms with Crippen molar-refractivity contribution < 1.29 is 9.18 Å². The molecule has 1 aliphatic heterocycles. The molecule has 1 amide bonds. The van der Waals surface area contributed by atoms with Crippen molar-refractivity contribution in [1.29, 1.82) is 0 Å². The van der Waals surface area contributed by atoms with E-state index in [4.69, 9.17) is 0 Å². The average Bonchev–Trinajstić information content (AvgIpc) is 2.58. The summed E-state index contributed by atoms with van der Waals surface area (Å²) < 4.78 is 12.8. The number of benzene rings is 1. The van der Waals surface area contributed by atoms with Gasteiger partial charge in [-0.3, -0.25) is 4.79 Å². The minimum absolute atomic E-state index is 0.258. The van der Waals surface area contributed by atoms with Crippen molar-refractivity contribution in [1.82, 2.24) is 10.3 Å². The largest absolute Gasteiger partial charge is 0.354 e. The van der Waals surface area contributed by atoms with Crippen LogP contribution in [-0.4, -0.2) is 37.1 Å². The lowest BCUT2D eigenvalue weighted by atomic mass is 10.2. The molecule has 114 valence electrons. The molecule has 2 N–H and O–H groups in total. The first-order valence-corrected chi connectivity index (χ1v) is 7.21. The zero-order chi connectivity index (χ0) is 15.4. The summed E-state index contributed by atoms with van der Waals surface area (Å²) >= 11 is 0. The Labute approximate surface area is 128 Å². The molecule has 1 fully saturated rings. The van der Waals surface area contributed by atoms with Crippen LogP contribution in [0, 0.1) is 5.82 Å². The summed E-state index contributed by atoms with van der Waals surface area (Å²) in [5.41, 5.74) is 1.03. The maximum Gasteiger partial charge on any atom is 0.257 e. The molecule has 22 heavy (non-hydrogen) atoms. The first-order chi connectivity index (χ1) is 10.7. The van der Waals surface area contributed by atoms with Crippen molar-refractivity contribution in [2.24, 2.45) is 0 Å². The minimum Gasteiger partial charge on any atom is -0.354 e. The SMILES string of the molecule is O=C(Nc1ccc(F)cc1)c1ccc(N2CCNCC2)nc1. The van der Waals surface area contributed by atoms with Crippen molar-refractivity contribution in [2.45, 2.75) is 0 Å². The summed E-state index contributed by atoms with van der Waals surface area (Å²) in [5, 5.41) is 6.00. The molecule has 6 heteroatoms. The number of rotatable bonds is 3. The van der Waals surface area contributed by atoms with Crippen LogP contribution >= 0.6 is 0 Å². The second kappa shape index (κ2) is 6.53. The zero-order valence-corrected chi connectivity index (χ0v) is 12.1. The van der Waals surface area contributed by atoms with Gasteiger partial charge in [0.15, 0.2) is 0 Å². The second-order valence-corrected chi connectivity index (χ2v) is 5.10. The fraction of sp³-hybridized carbons (Fsp3) is 0.250. The predicted octanol–water partition coefficient (Wildman–Crippen LogP) is 1.88. The molecule has 5 nitrogen and oxygen atoms in total. The number of piperazine rings is 1. The van der Waals surface area contributed by atoms with E-state index < -0.39 is 0 Å². The van der Waals surface area contributed by atoms with Crippen LogP contribution in [0.5, 0.6) is 0 Å². The van der Waals surface area contributed by atoms with E-state index in [1.165, 1.54) is 24.3 Å². The number of nitrogens with one attached hydrogen (secondary N) is 2. The van der Waals surface area contributed by atoms with Crippen LogP contribution < -0.4 is 15.5 Å². The zero-order valence-electron chi connectivity index (χ0n) is 12.1. The third kappa shape index (κ3) is 3.40. The van der Waals surface area contributed by atoms with Gasteiger partial charge in [-0.1, -0.05) is 0 Å². The van der Waals surface area contributed by atoms with Gasteiger partial charge in [0.2, 0.25) is 0 Å². The van der Waals surface area contributed by atoms with Gasteiger partial charge in [0, 0.05) is 38.1 Å². The van der Waals surface area contributed by atoms with Crippen molar-refractivity contribution in [2.75, 3.05) is 36.4 Å². The lowest BCUT2D eigenvalue weighted by Gasteiger charge is -2.28. The Morgan fingerprint density at radius 1 is 1.14 bits per heavy atom. The fourth-order valence-electron chi connectivity index (χ4n) is 2.34. The Bertz CT molecular complexity index is 636. The fourth-order valence-corrected chi connectivity index (χ4v) is 2.34. The molecule has 0 atom stereocenters. The third-order valence-electron chi connectivity index (χ3n) is 3.55. The van der Waals surface area contributed by atoms with Gasteiger partial charge in [0.25, 0.3) is 5.91 Å². The van der Waals surface area contributed by atoms with Crippen LogP contribution in [0.3, 0.4) is 0 Å². The summed E-state index contributed by atoms with van der Waals surface area (Å²) in [6, 6.07) is 9.27. The van der Waals surface area contributed by atoms with E-state index in [0.717, 1.165) is 32.0 Å². The molecule has 0 radical (unpaired) electrons. The van der Waals surface area contributed by atoms with Gasteiger partial charge >= 0.3 is 0 Å². The van der Waals surface area contributed by atoms with Gasteiger partial charge in [-0.15, -0.1) is 0 Å². The average molecular weight is 300 g/mol. The standard InChI is InChI=1S/C16H17FN4O/c17-13-2-4-14(5-3-13)20-16(22)12-1-6-15(19-11-12)21-9-7-18-8-10-21/h1-6,11,18H,7-10H2,(H,20,22). The van der Waals surface area contributed by atoms with E-state index >= 15 is 0 Å². The Balaban J connectivity index is 1.66. The molecule has 0 saturated carbocycles. The highest BCUT2D eigenvalue weighted by atomic mass is 19.1. The van der Waals surface area contributed by atoms with Gasteiger partial charge in [-0.25, -0.2) is 9.37 Å². The molecule has 1 aliphatic rings. The molecule has 1 saturated heterocycles. The Kier molecular flexibility index (Phi) is 4.29. The van der Waals surface area contributed by atoms with Gasteiger partial charge < -0.3 is 15.5 Å². The van der Waals surface area contributed by atoms with Crippen molar-refractivity contribution >= 4 is 17.4 Å². The number of anilines is 2. The van der Waals surface area contributed by atoms with E-state index in [1.807, 2.05) is 6.07 Å². The lowest BCUT2D eigenvalue weighted by molar-refractivity contribution is 0.102. The Morgan fingerprint density at radius 3 is 2.50 bits per heavy atom. The van der Waals surface area contributed by atoms with Gasteiger partial charge in [0.05, 0.1) is 5.56 Å². The predicted molar refractivity (Wildman–Crippen MR) is 83.7 cm³/mol. The van der Waals surface area contributed by atoms with Gasteiger partial charge in [-0.05, 0) is 36.4 Å². The van der Waals surface area contributed by atoms with Crippen LogP contribution in [0.15, 0.2) is 42.6 Å². The number of carbonyl (C=O) groups is 1. The van der Waals surface area contributed by atoms with Crippen molar-refractivity contribution in [3.05, 3.63) is 54.0 Å². The van der Waals surface area contributed by atoms with Crippen molar-refractivity contribution in [3.8, 4) is 0 Å². The highest BCUT2D eigenvalue weighted by Gasteiger charge is 2.13. The number of aromatic nitrogens is 1. The normalized spacial score (nSPS) is 14.7. The maximum absolute atomic E-state index is 12.8. The van der Waals surface area contributed by atoms with E-state index in [-0.39, 0.29) is 11.7 Å². The molecule has 2 aromatic rings. The Hall–Kier alpha value is -2.47.